The molecule has 0 aromatic rings. The molecule has 2 nitrogen and oxygen atoms in total. The van der Waals surface area contributed by atoms with Crippen LogP contribution in [-0.2, 0) is 0 Å². The standard InChI is InChI=1S/C15H32N2.C2H4Br2/c1-6-7-8-9-10-16-13-11-14(2,3)17-15(4,5)12-13;3-1-2-4/h13,16-17H,6-12H2,1-5H3;1-2H2. The second kappa shape index (κ2) is 11.4. The summed E-state index contributed by atoms with van der Waals surface area (Å²) in [6.07, 6.45) is 7.90. The Hall–Kier alpha value is 0.880. The third kappa shape index (κ3) is 12.0. The van der Waals surface area contributed by atoms with E-state index in [0.717, 1.165) is 10.7 Å². The minimum Gasteiger partial charge on any atom is -0.314 e. The highest BCUT2D eigenvalue weighted by molar-refractivity contribution is 9.11. The van der Waals surface area contributed by atoms with Crippen molar-refractivity contribution >= 4 is 31.9 Å². The zero-order chi connectivity index (χ0) is 16.4. The van der Waals surface area contributed by atoms with Crippen molar-refractivity contribution in [1.29, 1.82) is 0 Å². The summed E-state index contributed by atoms with van der Waals surface area (Å²) in [7, 11) is 0. The Bertz CT molecular complexity index is 237. The van der Waals surface area contributed by atoms with Gasteiger partial charge in [-0.15, -0.1) is 0 Å². The van der Waals surface area contributed by atoms with Gasteiger partial charge in [0.2, 0.25) is 0 Å². The van der Waals surface area contributed by atoms with E-state index in [1.807, 2.05) is 0 Å². The SMILES string of the molecule is BrCCBr.CCCCCCNC1CC(C)(C)NC(C)(C)C1. The maximum atomic E-state index is 3.75. The summed E-state index contributed by atoms with van der Waals surface area (Å²) in [6, 6.07) is 0.683. The average molecular weight is 428 g/mol. The molecule has 0 bridgehead atoms. The molecular formula is C17H36Br2N2. The lowest BCUT2D eigenvalue weighted by atomic mass is 9.79. The fraction of sp³-hybridized carbons (Fsp3) is 1.00. The van der Waals surface area contributed by atoms with E-state index >= 15 is 0 Å². The number of alkyl halides is 2. The van der Waals surface area contributed by atoms with Crippen LogP contribution >= 0.6 is 31.9 Å². The Kier molecular flexibility index (Phi) is 11.9. The third-order valence-corrected chi connectivity index (χ3v) is 5.58. The number of halogens is 2. The highest BCUT2D eigenvalue weighted by atomic mass is 79.9. The zero-order valence-electron chi connectivity index (χ0n) is 14.7. The molecular weight excluding hydrogens is 392 g/mol. The highest BCUT2D eigenvalue weighted by Crippen LogP contribution is 2.28. The van der Waals surface area contributed by atoms with Crippen molar-refractivity contribution < 1.29 is 0 Å². The molecule has 128 valence electrons. The summed E-state index contributed by atoms with van der Waals surface area (Å²) in [4.78, 5) is 0. The van der Waals surface area contributed by atoms with Crippen molar-refractivity contribution in [3.05, 3.63) is 0 Å². The Balaban J connectivity index is 0.000000885. The smallest absolute Gasteiger partial charge is 0.0144 e. The lowest BCUT2D eigenvalue weighted by Gasteiger charge is -2.46. The molecule has 0 saturated carbocycles. The van der Waals surface area contributed by atoms with Crippen LogP contribution in [0.1, 0.15) is 73.1 Å². The fourth-order valence-corrected chi connectivity index (χ4v) is 3.32. The highest BCUT2D eigenvalue weighted by Gasteiger charge is 2.37. The van der Waals surface area contributed by atoms with Crippen LogP contribution in [0.2, 0.25) is 0 Å². The Morgan fingerprint density at radius 2 is 1.48 bits per heavy atom. The molecule has 1 saturated heterocycles. The van der Waals surface area contributed by atoms with E-state index in [0.29, 0.717) is 6.04 Å². The Labute approximate surface area is 149 Å². The molecule has 4 heteroatoms. The minimum atomic E-state index is 0.267. The summed E-state index contributed by atoms with van der Waals surface area (Å²) in [5.41, 5.74) is 0.533. The Morgan fingerprint density at radius 1 is 0.952 bits per heavy atom. The van der Waals surface area contributed by atoms with Gasteiger partial charge in [-0.05, 0) is 53.5 Å². The third-order valence-electron chi connectivity index (χ3n) is 3.72. The number of piperidine rings is 1. The molecule has 2 N–H and O–H groups in total. The second-order valence-electron chi connectivity index (χ2n) is 7.39. The van der Waals surface area contributed by atoms with Gasteiger partial charge in [-0.25, -0.2) is 0 Å². The predicted octanol–water partition coefficient (Wildman–Crippen LogP) is 5.24. The molecule has 21 heavy (non-hydrogen) atoms. The molecule has 0 amide bonds. The quantitative estimate of drug-likeness (QED) is 0.428. The van der Waals surface area contributed by atoms with Gasteiger partial charge in [0.05, 0.1) is 0 Å². The lowest BCUT2D eigenvalue weighted by molar-refractivity contribution is 0.146. The number of hydrogen-bond donors (Lipinski definition) is 2. The van der Waals surface area contributed by atoms with Crippen LogP contribution in [0.5, 0.6) is 0 Å². The van der Waals surface area contributed by atoms with Crippen LogP contribution in [-0.4, -0.2) is 34.3 Å². The minimum absolute atomic E-state index is 0.267. The largest absolute Gasteiger partial charge is 0.314 e. The van der Waals surface area contributed by atoms with E-state index < -0.39 is 0 Å². The zero-order valence-corrected chi connectivity index (χ0v) is 17.9. The molecule has 0 aromatic heterocycles. The van der Waals surface area contributed by atoms with Crippen LogP contribution in [0.4, 0.5) is 0 Å². The van der Waals surface area contributed by atoms with Crippen molar-refractivity contribution in [2.45, 2.75) is 90.3 Å². The van der Waals surface area contributed by atoms with Gasteiger partial charge in [-0.2, -0.15) is 0 Å². The lowest BCUT2D eigenvalue weighted by Crippen LogP contribution is -2.61. The normalized spacial score (nSPS) is 20.7. The second-order valence-corrected chi connectivity index (χ2v) is 8.98. The van der Waals surface area contributed by atoms with Gasteiger partial charge >= 0.3 is 0 Å². The van der Waals surface area contributed by atoms with Gasteiger partial charge in [-0.1, -0.05) is 58.0 Å². The van der Waals surface area contributed by atoms with Crippen molar-refractivity contribution in [3.63, 3.8) is 0 Å². The summed E-state index contributed by atoms with van der Waals surface area (Å²) in [5.74, 6) is 0. The molecule has 1 rings (SSSR count). The predicted molar refractivity (Wildman–Crippen MR) is 104 cm³/mol. The van der Waals surface area contributed by atoms with Gasteiger partial charge in [0.15, 0.2) is 0 Å². The molecule has 0 atom stereocenters. The summed E-state index contributed by atoms with van der Waals surface area (Å²) in [6.45, 7) is 12.7. The van der Waals surface area contributed by atoms with Gasteiger partial charge in [0.1, 0.15) is 0 Å². The van der Waals surface area contributed by atoms with Gasteiger partial charge in [-0.3, -0.25) is 0 Å². The first-order valence-electron chi connectivity index (χ1n) is 8.41. The van der Waals surface area contributed by atoms with Gasteiger partial charge < -0.3 is 10.6 Å². The molecule has 0 unspecified atom stereocenters. The van der Waals surface area contributed by atoms with Crippen LogP contribution < -0.4 is 10.6 Å². The van der Waals surface area contributed by atoms with Crippen molar-refractivity contribution in [3.8, 4) is 0 Å². The summed E-state index contributed by atoms with van der Waals surface area (Å²) >= 11 is 6.40. The van der Waals surface area contributed by atoms with Crippen molar-refractivity contribution in [2.24, 2.45) is 0 Å². The van der Waals surface area contributed by atoms with Crippen LogP contribution in [0.3, 0.4) is 0 Å². The van der Waals surface area contributed by atoms with Crippen LogP contribution in [0.15, 0.2) is 0 Å². The first kappa shape index (κ1) is 21.9. The molecule has 1 fully saturated rings. The van der Waals surface area contributed by atoms with Crippen molar-refractivity contribution in [2.75, 3.05) is 17.2 Å². The maximum absolute atomic E-state index is 3.75. The molecule has 0 aliphatic carbocycles. The van der Waals surface area contributed by atoms with Gasteiger partial charge in [0, 0.05) is 27.8 Å². The topological polar surface area (TPSA) is 24.1 Å². The van der Waals surface area contributed by atoms with E-state index in [1.54, 1.807) is 0 Å². The van der Waals surface area contributed by atoms with E-state index in [2.05, 4.69) is 77.1 Å². The molecule has 1 heterocycles. The first-order valence-corrected chi connectivity index (χ1v) is 10.7. The number of rotatable bonds is 7. The van der Waals surface area contributed by atoms with E-state index in [1.165, 1.54) is 45.1 Å². The number of nitrogens with one attached hydrogen (secondary N) is 2. The van der Waals surface area contributed by atoms with E-state index in [-0.39, 0.29) is 11.1 Å². The molecule has 1 aliphatic heterocycles. The van der Waals surface area contributed by atoms with Gasteiger partial charge in [0.25, 0.3) is 0 Å². The monoisotopic (exact) mass is 426 g/mol. The summed E-state index contributed by atoms with van der Waals surface area (Å²) < 4.78 is 0. The van der Waals surface area contributed by atoms with Crippen molar-refractivity contribution in [1.82, 2.24) is 10.6 Å². The Morgan fingerprint density at radius 3 is 1.90 bits per heavy atom. The summed E-state index contributed by atoms with van der Waals surface area (Å²) in [5, 5.41) is 9.58. The van der Waals surface area contributed by atoms with E-state index in [4.69, 9.17) is 0 Å². The molecule has 0 aromatic carbocycles. The maximum Gasteiger partial charge on any atom is 0.0144 e. The van der Waals surface area contributed by atoms with Crippen LogP contribution in [0.25, 0.3) is 0 Å². The first-order chi connectivity index (χ1) is 9.76. The molecule has 1 aliphatic rings. The average Bonchev–Trinajstić information content (AvgIpc) is 2.35. The molecule has 0 radical (unpaired) electrons. The molecule has 0 spiro atoms. The van der Waals surface area contributed by atoms with E-state index in [9.17, 15) is 0 Å². The number of unbranched alkanes of at least 4 members (excludes halogenated alkanes) is 3. The fourth-order valence-electron chi connectivity index (χ4n) is 3.32. The number of hydrogen-bond acceptors (Lipinski definition) is 2. The van der Waals surface area contributed by atoms with Crippen LogP contribution in [0, 0.1) is 0 Å².